The number of carbonyl (C=O) groups is 2. The molecule has 90 valence electrons. The first-order chi connectivity index (χ1) is 7.17. The summed E-state index contributed by atoms with van der Waals surface area (Å²) >= 11 is 1.66. The lowest BCUT2D eigenvalue weighted by molar-refractivity contribution is -0.134. The third kappa shape index (κ3) is 1.39. The van der Waals surface area contributed by atoms with Crippen LogP contribution in [0.4, 0.5) is 4.79 Å². The Morgan fingerprint density at radius 3 is 2.38 bits per heavy atom. The monoisotopic (exact) mass is 243 g/mol. The van der Waals surface area contributed by atoms with Crippen LogP contribution in [0.2, 0.25) is 0 Å². The van der Waals surface area contributed by atoms with E-state index in [1.807, 2.05) is 27.7 Å². The number of nitrogens with zero attached hydrogens (tertiary/aromatic N) is 2. The SMILES string of the molecule is CN1NC(=O)C2N(C1=O)C(C)(C)SC2(C)C. The molecule has 0 aromatic heterocycles. The number of hydrogen-bond donors (Lipinski definition) is 1. The molecule has 0 spiro atoms. The molecule has 6 heteroatoms. The Morgan fingerprint density at radius 1 is 1.25 bits per heavy atom. The number of rotatable bonds is 0. The summed E-state index contributed by atoms with van der Waals surface area (Å²) in [6.45, 7) is 7.96. The molecule has 0 radical (unpaired) electrons. The van der Waals surface area contributed by atoms with E-state index in [0.717, 1.165) is 0 Å². The molecule has 16 heavy (non-hydrogen) atoms. The molecule has 1 N–H and O–H groups in total. The van der Waals surface area contributed by atoms with Crippen LogP contribution in [0, 0.1) is 0 Å². The molecular weight excluding hydrogens is 226 g/mol. The molecule has 2 aliphatic rings. The van der Waals surface area contributed by atoms with Gasteiger partial charge >= 0.3 is 6.03 Å². The highest BCUT2D eigenvalue weighted by molar-refractivity contribution is 8.02. The molecule has 2 rings (SSSR count). The van der Waals surface area contributed by atoms with Crippen LogP contribution in [-0.4, -0.2) is 44.6 Å². The summed E-state index contributed by atoms with van der Waals surface area (Å²) in [6.07, 6.45) is 0. The number of nitrogens with one attached hydrogen (secondary N) is 1. The highest BCUT2D eigenvalue weighted by atomic mass is 32.2. The van der Waals surface area contributed by atoms with Crippen molar-refractivity contribution in [3.05, 3.63) is 0 Å². The molecule has 2 heterocycles. The molecule has 2 fully saturated rings. The second-order valence-corrected chi connectivity index (χ2v) is 7.50. The molecule has 3 amide bonds. The average Bonchev–Trinajstić information content (AvgIpc) is 2.27. The molecule has 0 bridgehead atoms. The van der Waals surface area contributed by atoms with E-state index in [-0.39, 0.29) is 21.6 Å². The topological polar surface area (TPSA) is 52.7 Å². The molecule has 1 unspecified atom stereocenters. The second-order valence-electron chi connectivity index (χ2n) is 5.24. The first-order valence-corrected chi connectivity index (χ1v) is 6.06. The minimum atomic E-state index is -0.392. The van der Waals surface area contributed by atoms with Crippen LogP contribution in [0.25, 0.3) is 0 Å². The lowest BCUT2D eigenvalue weighted by Gasteiger charge is -2.42. The van der Waals surface area contributed by atoms with E-state index < -0.39 is 6.04 Å². The summed E-state index contributed by atoms with van der Waals surface area (Å²) in [5, 5.41) is 1.25. The molecular formula is C10H17N3O2S. The minimum Gasteiger partial charge on any atom is -0.296 e. The van der Waals surface area contributed by atoms with Crippen molar-refractivity contribution < 1.29 is 9.59 Å². The maximum atomic E-state index is 12.1. The summed E-state index contributed by atoms with van der Waals surface area (Å²) in [5.74, 6) is -0.106. The Balaban J connectivity index is 2.47. The number of urea groups is 1. The van der Waals surface area contributed by atoms with Gasteiger partial charge in [-0.05, 0) is 27.7 Å². The van der Waals surface area contributed by atoms with Gasteiger partial charge in [-0.25, -0.2) is 9.80 Å². The molecule has 0 saturated carbocycles. The maximum absolute atomic E-state index is 12.1. The summed E-state index contributed by atoms with van der Waals surface area (Å²) < 4.78 is -0.259. The van der Waals surface area contributed by atoms with E-state index >= 15 is 0 Å². The zero-order valence-corrected chi connectivity index (χ0v) is 11.0. The van der Waals surface area contributed by atoms with Gasteiger partial charge in [0.2, 0.25) is 0 Å². The highest BCUT2D eigenvalue weighted by Gasteiger charge is 2.59. The zero-order valence-electron chi connectivity index (χ0n) is 10.2. The predicted molar refractivity (Wildman–Crippen MR) is 62.7 cm³/mol. The fourth-order valence-corrected chi connectivity index (χ4v) is 4.47. The third-order valence-corrected chi connectivity index (χ3v) is 4.47. The molecule has 0 aliphatic carbocycles. The van der Waals surface area contributed by atoms with Gasteiger partial charge in [0.1, 0.15) is 6.04 Å². The normalized spacial score (nSPS) is 31.4. The van der Waals surface area contributed by atoms with E-state index in [4.69, 9.17) is 0 Å². The smallest absolute Gasteiger partial charge is 0.296 e. The van der Waals surface area contributed by atoms with Gasteiger partial charge in [-0.2, -0.15) is 0 Å². The predicted octanol–water partition coefficient (Wildman–Crippen LogP) is 1.02. The maximum Gasteiger partial charge on any atom is 0.340 e. The van der Waals surface area contributed by atoms with Crippen molar-refractivity contribution in [1.82, 2.24) is 15.3 Å². The van der Waals surface area contributed by atoms with Crippen LogP contribution in [-0.2, 0) is 4.79 Å². The number of carbonyl (C=O) groups excluding carboxylic acids is 2. The Labute approximate surface area is 99.5 Å². The van der Waals surface area contributed by atoms with E-state index in [9.17, 15) is 9.59 Å². The largest absolute Gasteiger partial charge is 0.340 e. The lowest BCUT2D eigenvalue weighted by atomic mass is 9.99. The Kier molecular flexibility index (Phi) is 2.21. The van der Waals surface area contributed by atoms with Gasteiger partial charge in [0, 0.05) is 11.8 Å². The molecule has 2 aliphatic heterocycles. The summed E-state index contributed by atoms with van der Waals surface area (Å²) in [5.41, 5.74) is 2.58. The number of fused-ring (bicyclic) bond motifs is 1. The van der Waals surface area contributed by atoms with Gasteiger partial charge in [0.15, 0.2) is 0 Å². The van der Waals surface area contributed by atoms with Gasteiger partial charge in [-0.1, -0.05) is 0 Å². The first kappa shape index (κ1) is 11.6. The van der Waals surface area contributed by atoms with Crippen LogP contribution in [0.5, 0.6) is 0 Å². The number of amides is 3. The first-order valence-electron chi connectivity index (χ1n) is 5.24. The van der Waals surface area contributed by atoms with Crippen LogP contribution in [0.3, 0.4) is 0 Å². The molecule has 1 atom stereocenters. The van der Waals surface area contributed by atoms with Gasteiger partial charge in [-0.3, -0.25) is 15.1 Å². The fraction of sp³-hybridized carbons (Fsp3) is 0.800. The van der Waals surface area contributed by atoms with E-state index in [0.29, 0.717) is 0 Å². The van der Waals surface area contributed by atoms with Crippen molar-refractivity contribution >= 4 is 23.7 Å². The molecule has 2 saturated heterocycles. The zero-order chi connectivity index (χ0) is 12.3. The van der Waals surface area contributed by atoms with Crippen molar-refractivity contribution in [2.45, 2.75) is 43.4 Å². The summed E-state index contributed by atoms with van der Waals surface area (Å²) in [4.78, 5) is 25.4. The Bertz CT molecular complexity index is 367. The van der Waals surface area contributed by atoms with Crippen LogP contribution in [0.1, 0.15) is 27.7 Å². The van der Waals surface area contributed by atoms with Gasteiger partial charge < -0.3 is 0 Å². The minimum absolute atomic E-state index is 0.106. The fourth-order valence-electron chi connectivity index (χ4n) is 2.58. The molecule has 5 nitrogen and oxygen atoms in total. The van der Waals surface area contributed by atoms with Crippen molar-refractivity contribution in [2.24, 2.45) is 0 Å². The van der Waals surface area contributed by atoms with Crippen molar-refractivity contribution in [3.63, 3.8) is 0 Å². The van der Waals surface area contributed by atoms with Crippen molar-refractivity contribution in [1.29, 1.82) is 0 Å². The van der Waals surface area contributed by atoms with Crippen LogP contribution in [0.15, 0.2) is 0 Å². The van der Waals surface area contributed by atoms with Crippen molar-refractivity contribution in [3.8, 4) is 0 Å². The Morgan fingerprint density at radius 2 is 1.81 bits per heavy atom. The summed E-state index contributed by atoms with van der Waals surface area (Å²) in [7, 11) is 1.57. The van der Waals surface area contributed by atoms with Gasteiger partial charge in [-0.15, -0.1) is 11.8 Å². The standard InChI is InChI=1S/C10H17N3O2S/c1-9(2)6-7(14)11-12(5)8(15)13(6)10(3,4)16-9/h6H,1-5H3,(H,11,14). The second kappa shape index (κ2) is 3.06. The number of hydrazine groups is 1. The molecule has 0 aromatic rings. The molecule has 0 aromatic carbocycles. The van der Waals surface area contributed by atoms with E-state index in [1.54, 1.807) is 23.7 Å². The lowest BCUT2D eigenvalue weighted by Crippen LogP contribution is -2.68. The number of thioether (sulfide) groups is 1. The third-order valence-electron chi connectivity index (χ3n) is 3.03. The quantitative estimate of drug-likeness (QED) is 0.691. The Hall–Kier alpha value is -0.910. The van der Waals surface area contributed by atoms with Gasteiger partial charge in [0.05, 0.1) is 4.87 Å². The van der Waals surface area contributed by atoms with E-state index in [1.165, 1.54) is 5.01 Å². The van der Waals surface area contributed by atoms with E-state index in [2.05, 4.69) is 5.43 Å². The summed E-state index contributed by atoms with van der Waals surface area (Å²) in [6, 6.07) is -0.538. The van der Waals surface area contributed by atoms with Gasteiger partial charge in [0.25, 0.3) is 5.91 Å². The van der Waals surface area contributed by atoms with Crippen molar-refractivity contribution in [2.75, 3.05) is 7.05 Å². The number of hydrogen-bond acceptors (Lipinski definition) is 3. The van der Waals surface area contributed by atoms with Crippen LogP contribution < -0.4 is 5.43 Å². The average molecular weight is 243 g/mol. The van der Waals surface area contributed by atoms with Crippen LogP contribution >= 0.6 is 11.8 Å². The highest BCUT2D eigenvalue weighted by Crippen LogP contribution is 2.51.